The van der Waals surface area contributed by atoms with Crippen LogP contribution in [0.2, 0.25) is 0 Å². The molecule has 0 saturated heterocycles. The summed E-state index contributed by atoms with van der Waals surface area (Å²) in [5.41, 5.74) is 1.68. The van der Waals surface area contributed by atoms with Gasteiger partial charge in [-0.05, 0) is 17.5 Å². The molecule has 2 rings (SSSR count). The van der Waals surface area contributed by atoms with Crippen LogP contribution in [-0.4, -0.2) is 10.4 Å². The first-order chi connectivity index (χ1) is 9.08. The van der Waals surface area contributed by atoms with Gasteiger partial charge in [-0.2, -0.15) is 0 Å². The second kappa shape index (κ2) is 5.65. The first kappa shape index (κ1) is 13.3. The van der Waals surface area contributed by atoms with Crippen molar-refractivity contribution in [2.75, 3.05) is 0 Å². The molecule has 0 aliphatic heterocycles. The van der Waals surface area contributed by atoms with Crippen LogP contribution >= 0.6 is 0 Å². The molecule has 0 radical (unpaired) electrons. The fourth-order valence-electron chi connectivity index (χ4n) is 1.89. The molecule has 1 aromatic carbocycles. The summed E-state index contributed by atoms with van der Waals surface area (Å²) in [6.07, 6.45) is 1.63. The summed E-state index contributed by atoms with van der Waals surface area (Å²) < 4.78 is 1.42. The lowest BCUT2D eigenvalue weighted by Crippen LogP contribution is -2.22. The van der Waals surface area contributed by atoms with Crippen molar-refractivity contribution in [2.24, 2.45) is 0 Å². The smallest absolute Gasteiger partial charge is 0.250 e. The molecular weight excluding hydrogens is 238 g/mol. The summed E-state index contributed by atoms with van der Waals surface area (Å²) in [5.74, 6) is 0.393. The Morgan fingerprint density at radius 2 is 1.79 bits per heavy atom. The maximum absolute atomic E-state index is 12.1. The first-order valence-corrected chi connectivity index (χ1v) is 6.36. The molecule has 0 aliphatic carbocycles. The van der Waals surface area contributed by atoms with Crippen LogP contribution in [0.15, 0.2) is 53.5 Å². The number of rotatable bonds is 4. The van der Waals surface area contributed by atoms with Crippen LogP contribution in [0.5, 0.6) is 0 Å². The van der Waals surface area contributed by atoms with Gasteiger partial charge in [0.1, 0.15) is 0 Å². The fourth-order valence-corrected chi connectivity index (χ4v) is 1.89. The first-order valence-electron chi connectivity index (χ1n) is 6.36. The van der Waals surface area contributed by atoms with Crippen LogP contribution in [0, 0.1) is 0 Å². The van der Waals surface area contributed by atoms with Gasteiger partial charge < -0.3 is 4.57 Å². The zero-order valence-corrected chi connectivity index (χ0v) is 11.2. The van der Waals surface area contributed by atoms with E-state index in [4.69, 9.17) is 0 Å². The Bertz CT molecular complexity index is 624. The average Bonchev–Trinajstić information content (AvgIpc) is 2.41. The maximum Gasteiger partial charge on any atom is 0.250 e. The third-order valence-corrected chi connectivity index (χ3v) is 3.11. The zero-order valence-electron chi connectivity index (χ0n) is 11.2. The highest BCUT2D eigenvalue weighted by Gasteiger charge is 2.08. The van der Waals surface area contributed by atoms with E-state index in [1.807, 2.05) is 24.3 Å². The second-order valence-electron chi connectivity index (χ2n) is 4.87. The molecule has 0 fully saturated rings. The Morgan fingerprint density at radius 1 is 1.11 bits per heavy atom. The molecule has 19 heavy (non-hydrogen) atoms. The number of Topliss-reactive ketones (excluding diaryl/α,β-unsaturated/α-hetero) is 1. The monoisotopic (exact) mass is 255 g/mol. The predicted molar refractivity (Wildman–Crippen MR) is 75.6 cm³/mol. The Hall–Kier alpha value is -2.16. The van der Waals surface area contributed by atoms with E-state index in [9.17, 15) is 9.59 Å². The molecule has 0 aliphatic rings. The summed E-state index contributed by atoms with van der Waals surface area (Å²) in [7, 11) is 0. The molecule has 3 heteroatoms. The quantitative estimate of drug-likeness (QED) is 0.788. The number of hydrogen-bond acceptors (Lipinski definition) is 2. The molecule has 0 bridgehead atoms. The lowest BCUT2D eigenvalue weighted by molar-refractivity contribution is 0.0971. The lowest BCUT2D eigenvalue weighted by atomic mass is 10.0. The van der Waals surface area contributed by atoms with E-state index in [1.54, 1.807) is 18.3 Å². The van der Waals surface area contributed by atoms with Crippen LogP contribution < -0.4 is 5.56 Å². The standard InChI is InChI=1S/C16H17NO2/c1-12(2)13-6-8-14(9-7-13)15(18)11-17-10-4-3-5-16(17)19/h3-10,12H,11H2,1-2H3. The van der Waals surface area contributed by atoms with Crippen molar-refractivity contribution < 1.29 is 4.79 Å². The molecule has 0 N–H and O–H groups in total. The molecule has 1 aromatic heterocycles. The van der Waals surface area contributed by atoms with Crippen LogP contribution in [0.4, 0.5) is 0 Å². The summed E-state index contributed by atoms with van der Waals surface area (Å²) in [6, 6.07) is 12.4. The number of ketones is 1. The minimum absolute atomic E-state index is 0.0522. The SMILES string of the molecule is CC(C)c1ccc(C(=O)Cn2ccccc2=O)cc1. The molecule has 0 unspecified atom stereocenters. The number of carbonyl (C=O) groups is 1. The number of carbonyl (C=O) groups excluding carboxylic acids is 1. The summed E-state index contributed by atoms with van der Waals surface area (Å²) in [5, 5.41) is 0. The molecule has 0 amide bonds. The molecule has 2 aromatic rings. The molecular formula is C16H17NO2. The Balaban J connectivity index is 2.17. The predicted octanol–water partition coefficient (Wildman–Crippen LogP) is 2.85. The van der Waals surface area contributed by atoms with Crippen LogP contribution in [-0.2, 0) is 6.54 Å². The highest BCUT2D eigenvalue weighted by Crippen LogP contribution is 2.15. The van der Waals surface area contributed by atoms with E-state index in [2.05, 4.69) is 13.8 Å². The summed E-state index contributed by atoms with van der Waals surface area (Å²) >= 11 is 0. The molecule has 0 saturated carbocycles. The van der Waals surface area contributed by atoms with Gasteiger partial charge in [0.25, 0.3) is 5.56 Å². The number of nitrogens with zero attached hydrogens (tertiary/aromatic N) is 1. The van der Waals surface area contributed by atoms with Crippen molar-refractivity contribution in [2.45, 2.75) is 26.3 Å². The van der Waals surface area contributed by atoms with Crippen LogP contribution in [0.25, 0.3) is 0 Å². The molecule has 3 nitrogen and oxygen atoms in total. The van der Waals surface area contributed by atoms with Crippen molar-refractivity contribution in [3.8, 4) is 0 Å². The number of hydrogen-bond donors (Lipinski definition) is 0. The third-order valence-electron chi connectivity index (χ3n) is 3.11. The fraction of sp³-hybridized carbons (Fsp3) is 0.250. The Kier molecular flexibility index (Phi) is 3.95. The van der Waals surface area contributed by atoms with Crippen molar-refractivity contribution >= 4 is 5.78 Å². The number of aromatic nitrogens is 1. The van der Waals surface area contributed by atoms with E-state index in [1.165, 1.54) is 16.2 Å². The van der Waals surface area contributed by atoms with Gasteiger partial charge in [0, 0.05) is 17.8 Å². The van der Waals surface area contributed by atoms with Crippen LogP contribution in [0.1, 0.15) is 35.7 Å². The molecule has 0 atom stereocenters. The zero-order chi connectivity index (χ0) is 13.8. The summed E-state index contributed by atoms with van der Waals surface area (Å²) in [4.78, 5) is 23.6. The second-order valence-corrected chi connectivity index (χ2v) is 4.87. The van der Waals surface area contributed by atoms with E-state index < -0.39 is 0 Å². The lowest BCUT2D eigenvalue weighted by Gasteiger charge is -2.07. The minimum Gasteiger partial charge on any atom is -0.308 e. The van der Waals surface area contributed by atoms with Crippen molar-refractivity contribution in [1.29, 1.82) is 0 Å². The van der Waals surface area contributed by atoms with E-state index in [0.717, 1.165) is 0 Å². The topological polar surface area (TPSA) is 39.1 Å². The highest BCUT2D eigenvalue weighted by atomic mass is 16.1. The van der Waals surface area contributed by atoms with E-state index >= 15 is 0 Å². The normalized spacial score (nSPS) is 10.7. The van der Waals surface area contributed by atoms with Gasteiger partial charge in [0.05, 0.1) is 6.54 Å². The van der Waals surface area contributed by atoms with Gasteiger partial charge in [-0.3, -0.25) is 9.59 Å². The number of benzene rings is 1. The third kappa shape index (κ3) is 3.19. The minimum atomic E-state index is -0.158. The van der Waals surface area contributed by atoms with Crippen molar-refractivity contribution in [3.63, 3.8) is 0 Å². The van der Waals surface area contributed by atoms with Crippen molar-refractivity contribution in [3.05, 3.63) is 70.1 Å². The number of pyridine rings is 1. The van der Waals surface area contributed by atoms with Crippen LogP contribution in [0.3, 0.4) is 0 Å². The van der Waals surface area contributed by atoms with Gasteiger partial charge in [0.15, 0.2) is 5.78 Å². The molecule has 98 valence electrons. The highest BCUT2D eigenvalue weighted by molar-refractivity contribution is 5.95. The average molecular weight is 255 g/mol. The van der Waals surface area contributed by atoms with Crippen molar-refractivity contribution in [1.82, 2.24) is 4.57 Å². The maximum atomic E-state index is 12.1. The van der Waals surface area contributed by atoms with E-state index in [0.29, 0.717) is 11.5 Å². The van der Waals surface area contributed by atoms with Gasteiger partial charge in [0.2, 0.25) is 0 Å². The van der Waals surface area contributed by atoms with Gasteiger partial charge >= 0.3 is 0 Å². The van der Waals surface area contributed by atoms with E-state index in [-0.39, 0.29) is 17.9 Å². The van der Waals surface area contributed by atoms with Gasteiger partial charge in [-0.15, -0.1) is 0 Å². The Labute approximate surface area is 112 Å². The van der Waals surface area contributed by atoms with Gasteiger partial charge in [-0.1, -0.05) is 44.2 Å². The molecule has 1 heterocycles. The van der Waals surface area contributed by atoms with Gasteiger partial charge in [-0.25, -0.2) is 0 Å². The largest absolute Gasteiger partial charge is 0.308 e. The molecule has 0 spiro atoms. The Morgan fingerprint density at radius 3 is 2.37 bits per heavy atom. The summed E-state index contributed by atoms with van der Waals surface area (Å²) in [6.45, 7) is 4.31.